The van der Waals surface area contributed by atoms with Crippen LogP contribution in [-0.2, 0) is 0 Å². The quantitative estimate of drug-likeness (QED) is 0.268. The molecule has 37 heavy (non-hydrogen) atoms. The number of H-pyrrole nitrogens is 2. The maximum Gasteiger partial charge on any atom is 0.0737 e. The molecule has 2 N–H and O–H groups in total. The topological polar surface area (TPSA) is 70.2 Å². The van der Waals surface area contributed by atoms with Crippen LogP contribution in [0.15, 0.2) is 85.2 Å². The van der Waals surface area contributed by atoms with Crippen molar-refractivity contribution >= 4 is 46.4 Å². The normalized spacial score (nSPS) is 12.2. The summed E-state index contributed by atoms with van der Waals surface area (Å²) in [7, 11) is 0. The average molecular weight is 478 g/mol. The highest BCUT2D eigenvalue weighted by Crippen LogP contribution is 2.32. The molecule has 7 rings (SSSR count). The molecule has 2 aliphatic heterocycles. The molecule has 0 fully saturated rings. The summed E-state index contributed by atoms with van der Waals surface area (Å²) in [5.74, 6) is 0. The van der Waals surface area contributed by atoms with E-state index in [2.05, 4.69) is 94.7 Å². The van der Waals surface area contributed by atoms with Crippen LogP contribution in [0.25, 0.3) is 68.6 Å². The number of aromatic amines is 2. The van der Waals surface area contributed by atoms with Crippen molar-refractivity contribution in [2.45, 2.75) is 6.92 Å². The molecule has 1 aromatic carbocycles. The lowest BCUT2D eigenvalue weighted by molar-refractivity contribution is 1.26. The highest BCUT2D eigenvalue weighted by Gasteiger charge is 2.14. The Hall–Kier alpha value is -5.03. The number of rotatable bonds is 2. The maximum absolute atomic E-state index is 4.97. The highest BCUT2D eigenvalue weighted by atomic mass is 14.8. The number of hydrogen-bond acceptors (Lipinski definition) is 3. The van der Waals surface area contributed by atoms with E-state index in [1.165, 1.54) is 5.56 Å². The van der Waals surface area contributed by atoms with Crippen molar-refractivity contribution < 1.29 is 0 Å². The zero-order valence-corrected chi connectivity index (χ0v) is 20.2. The molecule has 0 atom stereocenters. The summed E-state index contributed by atoms with van der Waals surface area (Å²) in [5.41, 5.74) is 13.1. The number of nitrogens with one attached hydrogen (secondary N) is 2. The van der Waals surface area contributed by atoms with Crippen molar-refractivity contribution in [1.29, 1.82) is 0 Å². The molecule has 2 aliphatic rings. The van der Waals surface area contributed by atoms with E-state index in [1.54, 1.807) is 12.4 Å². The highest BCUT2D eigenvalue weighted by molar-refractivity contribution is 5.94. The summed E-state index contributed by atoms with van der Waals surface area (Å²) in [6.45, 7) is 2.11. The van der Waals surface area contributed by atoms with Gasteiger partial charge in [0.15, 0.2) is 0 Å². The van der Waals surface area contributed by atoms with E-state index in [9.17, 15) is 0 Å². The van der Waals surface area contributed by atoms with E-state index in [-0.39, 0.29) is 0 Å². The first-order valence-corrected chi connectivity index (χ1v) is 12.3. The average Bonchev–Trinajstić information content (AvgIpc) is 3.72. The van der Waals surface area contributed by atoms with Crippen molar-refractivity contribution in [2.75, 3.05) is 0 Å². The van der Waals surface area contributed by atoms with Crippen molar-refractivity contribution in [3.63, 3.8) is 0 Å². The molecule has 176 valence electrons. The largest absolute Gasteiger partial charge is 0.355 e. The molecular weight excluding hydrogens is 454 g/mol. The molecule has 5 aromatic rings. The van der Waals surface area contributed by atoms with Gasteiger partial charge >= 0.3 is 0 Å². The molecule has 0 unspecified atom stereocenters. The molecule has 5 nitrogen and oxygen atoms in total. The first-order valence-electron chi connectivity index (χ1n) is 12.3. The number of aryl methyl sites for hydroxylation is 1. The maximum atomic E-state index is 4.97. The summed E-state index contributed by atoms with van der Waals surface area (Å²) >= 11 is 0. The van der Waals surface area contributed by atoms with E-state index in [4.69, 9.17) is 9.97 Å². The van der Waals surface area contributed by atoms with Crippen LogP contribution in [0.1, 0.15) is 28.3 Å². The van der Waals surface area contributed by atoms with E-state index >= 15 is 0 Å². The van der Waals surface area contributed by atoms with E-state index in [0.29, 0.717) is 0 Å². The third-order valence-corrected chi connectivity index (χ3v) is 6.71. The molecule has 5 heteroatoms. The number of nitrogens with zero attached hydrogens (tertiary/aromatic N) is 3. The summed E-state index contributed by atoms with van der Waals surface area (Å²) in [6.07, 6.45) is 11.8. The van der Waals surface area contributed by atoms with Gasteiger partial charge < -0.3 is 9.97 Å². The van der Waals surface area contributed by atoms with Crippen LogP contribution in [0.2, 0.25) is 0 Å². The lowest BCUT2D eigenvalue weighted by atomic mass is 10.0. The number of fused-ring (bicyclic) bond motifs is 8. The fraction of sp³-hybridized carbons (Fsp3) is 0.0312. The molecule has 0 saturated carbocycles. The predicted octanol–water partition coefficient (Wildman–Crippen LogP) is 7.69. The second kappa shape index (κ2) is 8.57. The van der Waals surface area contributed by atoms with Crippen LogP contribution < -0.4 is 0 Å². The molecular formula is C32H23N5. The van der Waals surface area contributed by atoms with Crippen molar-refractivity contribution in [3.05, 3.63) is 114 Å². The Morgan fingerprint density at radius 1 is 0.541 bits per heavy atom. The van der Waals surface area contributed by atoms with Gasteiger partial charge in [0.2, 0.25) is 0 Å². The second-order valence-corrected chi connectivity index (χ2v) is 9.31. The van der Waals surface area contributed by atoms with Gasteiger partial charge in [-0.25, -0.2) is 9.97 Å². The van der Waals surface area contributed by atoms with Crippen molar-refractivity contribution in [3.8, 4) is 22.3 Å². The number of hydrogen-bond donors (Lipinski definition) is 2. The SMILES string of the molecule is Cc1ccc(-c2c3ccc(cc4nc(c(-c5ccncc5)c5nc(cc6ccc2[nH]6)C=C5)C=C4)[nH]3)cc1. The number of benzene rings is 1. The molecule has 0 saturated heterocycles. The molecule has 0 spiro atoms. The van der Waals surface area contributed by atoms with Crippen LogP contribution in [-0.4, -0.2) is 24.9 Å². The molecule has 8 bridgehead atoms. The Labute approximate surface area is 214 Å². The zero-order valence-electron chi connectivity index (χ0n) is 20.2. The first-order chi connectivity index (χ1) is 18.2. The van der Waals surface area contributed by atoms with Gasteiger partial charge in [-0.15, -0.1) is 0 Å². The van der Waals surface area contributed by atoms with Gasteiger partial charge in [-0.3, -0.25) is 4.98 Å². The van der Waals surface area contributed by atoms with E-state index in [0.717, 1.165) is 67.1 Å². The number of aromatic nitrogens is 5. The monoisotopic (exact) mass is 477 g/mol. The molecule has 0 amide bonds. The van der Waals surface area contributed by atoms with Crippen LogP contribution in [0.3, 0.4) is 0 Å². The Morgan fingerprint density at radius 2 is 1.08 bits per heavy atom. The first kappa shape index (κ1) is 21.3. The van der Waals surface area contributed by atoms with E-state index < -0.39 is 0 Å². The predicted molar refractivity (Wildman–Crippen MR) is 152 cm³/mol. The summed E-state index contributed by atoms with van der Waals surface area (Å²) in [4.78, 5) is 21.3. The molecule has 0 aliphatic carbocycles. The fourth-order valence-electron chi connectivity index (χ4n) is 4.92. The summed E-state index contributed by atoms with van der Waals surface area (Å²) < 4.78 is 0. The van der Waals surface area contributed by atoms with Gasteiger partial charge in [0, 0.05) is 45.6 Å². The van der Waals surface area contributed by atoms with Crippen LogP contribution in [0.5, 0.6) is 0 Å². The van der Waals surface area contributed by atoms with Gasteiger partial charge in [0.25, 0.3) is 0 Å². The Kier molecular flexibility index (Phi) is 4.93. The van der Waals surface area contributed by atoms with Gasteiger partial charge in [0.1, 0.15) is 0 Å². The summed E-state index contributed by atoms with van der Waals surface area (Å²) in [5, 5.41) is 0. The molecule has 6 heterocycles. The lowest BCUT2D eigenvalue weighted by Gasteiger charge is -2.04. The van der Waals surface area contributed by atoms with E-state index in [1.807, 2.05) is 24.3 Å². The minimum atomic E-state index is 0.884. The van der Waals surface area contributed by atoms with Gasteiger partial charge in [-0.1, -0.05) is 29.8 Å². The fourth-order valence-corrected chi connectivity index (χ4v) is 4.92. The Morgan fingerprint density at radius 3 is 1.65 bits per heavy atom. The summed E-state index contributed by atoms with van der Waals surface area (Å²) in [6, 6.07) is 25.3. The van der Waals surface area contributed by atoms with Crippen molar-refractivity contribution in [2.24, 2.45) is 0 Å². The van der Waals surface area contributed by atoms with Gasteiger partial charge in [0.05, 0.1) is 22.8 Å². The Balaban J connectivity index is 1.57. The standard InChI is InChI=1S/C32H23N5/c1-20-2-4-21(5-3-20)31-27-10-6-23(34-27)18-25-8-12-29(36-25)32(22-14-16-33-17-15-22)30-13-9-26(37-30)19-24-7-11-28(31)35-24/h2-19,34-35H,1H3. The van der Waals surface area contributed by atoms with Crippen LogP contribution in [0, 0.1) is 6.92 Å². The molecule has 4 aromatic heterocycles. The minimum absolute atomic E-state index is 0.884. The third kappa shape index (κ3) is 3.96. The number of pyridine rings is 1. The van der Waals surface area contributed by atoms with Crippen LogP contribution >= 0.6 is 0 Å². The third-order valence-electron chi connectivity index (χ3n) is 6.71. The molecule has 0 radical (unpaired) electrons. The van der Waals surface area contributed by atoms with Gasteiger partial charge in [-0.2, -0.15) is 0 Å². The Bertz CT molecular complexity index is 1780. The lowest BCUT2D eigenvalue weighted by Crippen LogP contribution is -1.89. The van der Waals surface area contributed by atoms with Gasteiger partial charge in [-0.05, 0) is 90.9 Å². The second-order valence-electron chi connectivity index (χ2n) is 9.31. The smallest absolute Gasteiger partial charge is 0.0737 e. The van der Waals surface area contributed by atoms with Crippen molar-refractivity contribution in [1.82, 2.24) is 24.9 Å². The zero-order chi connectivity index (χ0) is 24.8. The van der Waals surface area contributed by atoms with Crippen LogP contribution in [0.4, 0.5) is 0 Å². The minimum Gasteiger partial charge on any atom is -0.355 e.